The molecule has 0 spiro atoms. The molecule has 0 bridgehead atoms. The van der Waals surface area contributed by atoms with E-state index >= 15 is 0 Å². The number of aryl methyl sites for hydroxylation is 2. The van der Waals surface area contributed by atoms with Gasteiger partial charge < -0.3 is 11.1 Å². The van der Waals surface area contributed by atoms with E-state index in [0.29, 0.717) is 13.0 Å². The van der Waals surface area contributed by atoms with Crippen molar-refractivity contribution in [3.8, 4) is 0 Å². The first kappa shape index (κ1) is 15.0. The van der Waals surface area contributed by atoms with E-state index in [1.165, 1.54) is 19.3 Å². The van der Waals surface area contributed by atoms with Crippen molar-refractivity contribution in [1.82, 2.24) is 0 Å². The molecular formula is C17H26N2O. The first-order valence-electron chi connectivity index (χ1n) is 7.62. The van der Waals surface area contributed by atoms with Crippen molar-refractivity contribution in [3.63, 3.8) is 0 Å². The molecular weight excluding hydrogens is 248 g/mol. The number of carbonyl (C=O) groups is 1. The molecule has 1 fully saturated rings. The largest absolute Gasteiger partial charge is 0.330 e. The summed E-state index contributed by atoms with van der Waals surface area (Å²) in [4.78, 5) is 12.4. The summed E-state index contributed by atoms with van der Waals surface area (Å²) in [5.41, 5.74) is 9.17. The number of rotatable bonds is 4. The third kappa shape index (κ3) is 3.40. The van der Waals surface area contributed by atoms with E-state index in [2.05, 4.69) is 5.32 Å². The summed E-state index contributed by atoms with van der Waals surface area (Å²) in [5.74, 6) is 0.106. The molecule has 0 heterocycles. The van der Waals surface area contributed by atoms with E-state index in [4.69, 9.17) is 5.73 Å². The molecule has 110 valence electrons. The van der Waals surface area contributed by atoms with Crippen molar-refractivity contribution >= 4 is 11.6 Å². The molecule has 2 rings (SSSR count). The Hall–Kier alpha value is -1.35. The summed E-state index contributed by atoms with van der Waals surface area (Å²) in [7, 11) is 0. The van der Waals surface area contributed by atoms with Gasteiger partial charge in [0.05, 0.1) is 0 Å². The van der Waals surface area contributed by atoms with Crippen LogP contribution in [0.4, 0.5) is 5.69 Å². The number of benzene rings is 1. The normalized spacial score (nSPS) is 17.8. The number of nitrogens with two attached hydrogens (primary N) is 1. The maximum Gasteiger partial charge on any atom is 0.224 e. The fourth-order valence-corrected chi connectivity index (χ4v) is 3.29. The SMILES string of the molecule is Cc1cccc(C)c1NC(=O)CC1(CN)CCCCC1. The molecule has 3 heteroatoms. The second-order valence-electron chi connectivity index (χ2n) is 6.26. The van der Waals surface area contributed by atoms with Crippen molar-refractivity contribution in [2.75, 3.05) is 11.9 Å². The predicted octanol–water partition coefficient (Wildman–Crippen LogP) is 3.54. The highest BCUT2D eigenvalue weighted by Gasteiger charge is 2.33. The Morgan fingerprint density at radius 1 is 1.20 bits per heavy atom. The van der Waals surface area contributed by atoms with Gasteiger partial charge in [-0.15, -0.1) is 0 Å². The van der Waals surface area contributed by atoms with Crippen LogP contribution < -0.4 is 11.1 Å². The van der Waals surface area contributed by atoms with Gasteiger partial charge in [0, 0.05) is 12.1 Å². The number of carbonyl (C=O) groups excluding carboxylic acids is 1. The minimum Gasteiger partial charge on any atom is -0.330 e. The molecule has 0 saturated heterocycles. The van der Waals surface area contributed by atoms with Gasteiger partial charge in [0.2, 0.25) is 5.91 Å². The molecule has 1 aliphatic rings. The summed E-state index contributed by atoms with van der Waals surface area (Å²) < 4.78 is 0. The minimum absolute atomic E-state index is 0.0267. The number of anilines is 1. The van der Waals surface area contributed by atoms with E-state index in [1.54, 1.807) is 0 Å². The van der Waals surface area contributed by atoms with Gasteiger partial charge in [0.15, 0.2) is 0 Å². The lowest BCUT2D eigenvalue weighted by Gasteiger charge is -2.35. The van der Waals surface area contributed by atoms with E-state index in [0.717, 1.165) is 29.7 Å². The van der Waals surface area contributed by atoms with Crippen LogP contribution in [0.15, 0.2) is 18.2 Å². The fraction of sp³-hybridized carbons (Fsp3) is 0.588. The van der Waals surface area contributed by atoms with Crippen molar-refractivity contribution in [2.45, 2.75) is 52.4 Å². The Balaban J connectivity index is 2.05. The average molecular weight is 274 g/mol. The van der Waals surface area contributed by atoms with Crippen LogP contribution in [0.25, 0.3) is 0 Å². The molecule has 0 aromatic heterocycles. The minimum atomic E-state index is 0.0267. The fourth-order valence-electron chi connectivity index (χ4n) is 3.29. The molecule has 0 radical (unpaired) electrons. The number of hydrogen-bond donors (Lipinski definition) is 2. The number of amides is 1. The van der Waals surface area contributed by atoms with Gasteiger partial charge in [-0.3, -0.25) is 4.79 Å². The van der Waals surface area contributed by atoms with Crippen LogP contribution in [0.2, 0.25) is 0 Å². The van der Waals surface area contributed by atoms with Gasteiger partial charge in [-0.2, -0.15) is 0 Å². The van der Waals surface area contributed by atoms with Crippen LogP contribution in [-0.2, 0) is 4.79 Å². The lowest BCUT2D eigenvalue weighted by Crippen LogP contribution is -2.36. The first-order valence-corrected chi connectivity index (χ1v) is 7.62. The van der Waals surface area contributed by atoms with Gasteiger partial charge in [-0.25, -0.2) is 0 Å². The third-order valence-corrected chi connectivity index (χ3v) is 4.63. The summed E-state index contributed by atoms with van der Waals surface area (Å²) >= 11 is 0. The van der Waals surface area contributed by atoms with Gasteiger partial charge >= 0.3 is 0 Å². The highest BCUT2D eigenvalue weighted by atomic mass is 16.1. The monoisotopic (exact) mass is 274 g/mol. The zero-order valence-corrected chi connectivity index (χ0v) is 12.7. The molecule has 3 N–H and O–H groups in total. The van der Waals surface area contributed by atoms with Crippen LogP contribution in [0.3, 0.4) is 0 Å². The number of hydrogen-bond acceptors (Lipinski definition) is 2. The Morgan fingerprint density at radius 2 is 1.80 bits per heavy atom. The van der Waals surface area contributed by atoms with Crippen molar-refractivity contribution in [2.24, 2.45) is 11.1 Å². The summed E-state index contributed by atoms with van der Waals surface area (Å²) in [6, 6.07) is 6.08. The highest BCUT2D eigenvalue weighted by molar-refractivity contribution is 5.92. The molecule has 1 saturated carbocycles. The highest BCUT2D eigenvalue weighted by Crippen LogP contribution is 2.38. The molecule has 1 aromatic rings. The summed E-state index contributed by atoms with van der Waals surface area (Å²) in [5, 5.41) is 3.09. The van der Waals surface area contributed by atoms with E-state index < -0.39 is 0 Å². The maximum atomic E-state index is 12.4. The van der Waals surface area contributed by atoms with Gasteiger partial charge in [-0.05, 0) is 49.8 Å². The second-order valence-corrected chi connectivity index (χ2v) is 6.26. The standard InChI is InChI=1S/C17H26N2O/c1-13-7-6-8-14(2)16(13)19-15(20)11-17(12-18)9-4-3-5-10-17/h6-8H,3-5,9-12,18H2,1-2H3,(H,19,20). The second kappa shape index (κ2) is 6.40. The topological polar surface area (TPSA) is 55.1 Å². The van der Waals surface area contributed by atoms with Gasteiger partial charge in [0.25, 0.3) is 0 Å². The molecule has 1 amide bonds. The van der Waals surface area contributed by atoms with Crippen LogP contribution in [0.1, 0.15) is 49.7 Å². The molecule has 3 nitrogen and oxygen atoms in total. The Bertz CT molecular complexity index is 456. The van der Waals surface area contributed by atoms with Crippen LogP contribution in [0, 0.1) is 19.3 Å². The van der Waals surface area contributed by atoms with Crippen molar-refractivity contribution in [1.29, 1.82) is 0 Å². The molecule has 0 aliphatic heterocycles. The average Bonchev–Trinajstić information content (AvgIpc) is 2.44. The van der Waals surface area contributed by atoms with Crippen LogP contribution in [0.5, 0.6) is 0 Å². The smallest absolute Gasteiger partial charge is 0.224 e. The van der Waals surface area contributed by atoms with E-state index in [1.807, 2.05) is 32.0 Å². The Labute approximate surface area is 121 Å². The predicted molar refractivity (Wildman–Crippen MR) is 83.7 cm³/mol. The van der Waals surface area contributed by atoms with E-state index in [9.17, 15) is 4.79 Å². The zero-order valence-electron chi connectivity index (χ0n) is 12.7. The van der Waals surface area contributed by atoms with Gasteiger partial charge in [0.1, 0.15) is 0 Å². The lowest BCUT2D eigenvalue weighted by atomic mass is 9.71. The molecule has 20 heavy (non-hydrogen) atoms. The summed E-state index contributed by atoms with van der Waals surface area (Å²) in [6.45, 7) is 4.68. The Morgan fingerprint density at radius 3 is 2.35 bits per heavy atom. The van der Waals surface area contributed by atoms with Crippen molar-refractivity contribution < 1.29 is 4.79 Å². The van der Waals surface area contributed by atoms with Gasteiger partial charge in [-0.1, -0.05) is 37.5 Å². The zero-order chi connectivity index (χ0) is 14.6. The van der Waals surface area contributed by atoms with Crippen LogP contribution in [-0.4, -0.2) is 12.5 Å². The number of nitrogens with one attached hydrogen (secondary N) is 1. The molecule has 1 aromatic carbocycles. The van der Waals surface area contributed by atoms with Crippen molar-refractivity contribution in [3.05, 3.63) is 29.3 Å². The maximum absolute atomic E-state index is 12.4. The quantitative estimate of drug-likeness (QED) is 0.882. The molecule has 0 unspecified atom stereocenters. The lowest BCUT2D eigenvalue weighted by molar-refractivity contribution is -0.118. The first-order chi connectivity index (χ1) is 9.56. The molecule has 0 atom stereocenters. The van der Waals surface area contributed by atoms with Crippen LogP contribution >= 0.6 is 0 Å². The Kier molecular flexibility index (Phi) is 4.81. The third-order valence-electron chi connectivity index (χ3n) is 4.63. The number of para-hydroxylation sites is 1. The summed E-state index contributed by atoms with van der Waals surface area (Å²) in [6.07, 6.45) is 6.41. The van der Waals surface area contributed by atoms with E-state index in [-0.39, 0.29) is 11.3 Å². The molecule has 1 aliphatic carbocycles.